The van der Waals surface area contributed by atoms with Crippen LogP contribution in [0.15, 0.2) is 0 Å². The van der Waals surface area contributed by atoms with Crippen molar-refractivity contribution < 1.29 is 4.79 Å². The highest BCUT2D eigenvalue weighted by atomic mass is 32.1. The largest absolute Gasteiger partial charge is 0.336 e. The van der Waals surface area contributed by atoms with E-state index in [0.717, 1.165) is 16.4 Å². The van der Waals surface area contributed by atoms with Crippen molar-refractivity contribution in [2.75, 3.05) is 0 Å². The van der Waals surface area contributed by atoms with Crippen molar-refractivity contribution in [1.82, 2.24) is 20.8 Å². The Kier molecular flexibility index (Phi) is 5.34. The van der Waals surface area contributed by atoms with Gasteiger partial charge in [0.1, 0.15) is 10.0 Å². The minimum atomic E-state index is -0.152. The van der Waals surface area contributed by atoms with E-state index in [1.54, 1.807) is 11.3 Å². The van der Waals surface area contributed by atoms with E-state index in [-0.39, 0.29) is 12.1 Å². The first-order chi connectivity index (χ1) is 8.02. The van der Waals surface area contributed by atoms with Crippen LogP contribution < -0.4 is 10.6 Å². The fourth-order valence-electron chi connectivity index (χ4n) is 1.10. The summed E-state index contributed by atoms with van der Waals surface area (Å²) in [7, 11) is 0. The highest BCUT2D eigenvalue weighted by Gasteiger charge is 2.09. The Bertz CT molecular complexity index is 364. The fourth-order valence-corrected chi connectivity index (χ4v) is 1.89. The molecule has 1 rings (SSSR count). The summed E-state index contributed by atoms with van der Waals surface area (Å²) < 4.78 is 0. The van der Waals surface area contributed by atoms with E-state index in [0.29, 0.717) is 12.5 Å². The smallest absolute Gasteiger partial charge is 0.315 e. The zero-order chi connectivity index (χ0) is 12.8. The number of carbonyl (C=O) groups excluding carboxylic acids is 1. The third kappa shape index (κ3) is 4.68. The van der Waals surface area contributed by atoms with Crippen molar-refractivity contribution >= 4 is 17.4 Å². The number of hydrogen-bond acceptors (Lipinski definition) is 4. The van der Waals surface area contributed by atoms with E-state index < -0.39 is 0 Å². The number of rotatable bonds is 5. The van der Waals surface area contributed by atoms with Crippen LogP contribution in [-0.2, 0) is 6.54 Å². The van der Waals surface area contributed by atoms with E-state index in [1.165, 1.54) is 0 Å². The van der Waals surface area contributed by atoms with Crippen molar-refractivity contribution in [1.29, 1.82) is 0 Å². The molecule has 0 aromatic carbocycles. The normalized spacial score (nSPS) is 12.5. The molecular weight excluding hydrogens is 236 g/mol. The zero-order valence-electron chi connectivity index (χ0n) is 10.8. The molecule has 0 unspecified atom stereocenters. The molecule has 0 spiro atoms. The van der Waals surface area contributed by atoms with Crippen LogP contribution in [0.3, 0.4) is 0 Å². The highest BCUT2D eigenvalue weighted by molar-refractivity contribution is 7.11. The number of aromatic nitrogens is 2. The molecule has 1 aromatic heterocycles. The molecule has 96 valence electrons. The molecule has 0 radical (unpaired) electrons. The molecular formula is C11H20N4OS. The van der Waals surface area contributed by atoms with Crippen LogP contribution in [0, 0.1) is 0 Å². The molecule has 0 fully saturated rings. The molecule has 0 aliphatic rings. The molecule has 0 aliphatic heterocycles. The van der Waals surface area contributed by atoms with Crippen molar-refractivity contribution in [3.63, 3.8) is 0 Å². The number of amides is 2. The standard InChI is InChI=1S/C11H20N4OS/c1-5-8(4)13-11(16)12-6-9-14-15-10(17-9)7(2)3/h7-8H,5-6H2,1-4H3,(H2,12,13,16)/t8-/m0/s1. The van der Waals surface area contributed by atoms with Crippen LogP contribution >= 0.6 is 11.3 Å². The van der Waals surface area contributed by atoms with Gasteiger partial charge >= 0.3 is 6.03 Å². The van der Waals surface area contributed by atoms with Crippen molar-refractivity contribution in [2.45, 2.75) is 52.6 Å². The van der Waals surface area contributed by atoms with Gasteiger partial charge in [0.15, 0.2) is 0 Å². The number of nitrogens with zero attached hydrogens (tertiary/aromatic N) is 2. The Morgan fingerprint density at radius 2 is 2.06 bits per heavy atom. The lowest BCUT2D eigenvalue weighted by Crippen LogP contribution is -2.40. The van der Waals surface area contributed by atoms with Crippen LogP contribution in [0.1, 0.15) is 50.0 Å². The number of urea groups is 1. The maximum atomic E-state index is 11.5. The van der Waals surface area contributed by atoms with E-state index in [4.69, 9.17) is 0 Å². The van der Waals surface area contributed by atoms with E-state index >= 15 is 0 Å². The third-order valence-corrected chi connectivity index (χ3v) is 3.59. The lowest BCUT2D eigenvalue weighted by molar-refractivity contribution is 0.237. The van der Waals surface area contributed by atoms with E-state index in [1.807, 2.05) is 13.8 Å². The zero-order valence-corrected chi connectivity index (χ0v) is 11.6. The number of nitrogens with one attached hydrogen (secondary N) is 2. The van der Waals surface area contributed by atoms with Gasteiger partial charge in [-0.2, -0.15) is 0 Å². The molecule has 1 aromatic rings. The maximum Gasteiger partial charge on any atom is 0.315 e. The summed E-state index contributed by atoms with van der Waals surface area (Å²) in [5.74, 6) is 0.384. The third-order valence-electron chi connectivity index (χ3n) is 2.37. The Balaban J connectivity index is 2.37. The van der Waals surface area contributed by atoms with E-state index in [9.17, 15) is 4.79 Å². The quantitative estimate of drug-likeness (QED) is 0.849. The lowest BCUT2D eigenvalue weighted by atomic mass is 10.2. The van der Waals surface area contributed by atoms with Gasteiger partial charge in [-0.25, -0.2) is 4.79 Å². The minimum absolute atomic E-state index is 0.152. The topological polar surface area (TPSA) is 66.9 Å². The summed E-state index contributed by atoms with van der Waals surface area (Å²) >= 11 is 1.54. The summed E-state index contributed by atoms with van der Waals surface area (Å²) in [4.78, 5) is 11.5. The first kappa shape index (κ1) is 13.9. The summed E-state index contributed by atoms with van der Waals surface area (Å²) in [6.45, 7) is 8.60. The summed E-state index contributed by atoms with van der Waals surface area (Å²) in [5.41, 5.74) is 0. The predicted octanol–water partition coefficient (Wildman–Crippen LogP) is 2.26. The predicted molar refractivity (Wildman–Crippen MR) is 69.1 cm³/mol. The first-order valence-corrected chi connectivity index (χ1v) is 6.71. The second-order valence-corrected chi connectivity index (χ2v) is 5.42. The molecule has 0 saturated heterocycles. The van der Waals surface area contributed by atoms with Crippen molar-refractivity contribution in [2.24, 2.45) is 0 Å². The van der Waals surface area contributed by atoms with Gasteiger partial charge in [-0.3, -0.25) is 0 Å². The van der Waals surface area contributed by atoms with Gasteiger partial charge in [0, 0.05) is 12.0 Å². The molecule has 5 nitrogen and oxygen atoms in total. The highest BCUT2D eigenvalue weighted by Crippen LogP contribution is 2.18. The van der Waals surface area contributed by atoms with Gasteiger partial charge in [0.05, 0.1) is 6.54 Å². The van der Waals surface area contributed by atoms with Crippen LogP contribution in [-0.4, -0.2) is 22.3 Å². The van der Waals surface area contributed by atoms with Gasteiger partial charge in [0.25, 0.3) is 0 Å². The molecule has 1 atom stereocenters. The monoisotopic (exact) mass is 256 g/mol. The maximum absolute atomic E-state index is 11.5. The van der Waals surface area contributed by atoms with Gasteiger partial charge in [-0.1, -0.05) is 32.1 Å². The SMILES string of the molecule is CC[C@H](C)NC(=O)NCc1nnc(C(C)C)s1. The van der Waals surface area contributed by atoms with Crippen LogP contribution in [0.4, 0.5) is 4.79 Å². The van der Waals surface area contributed by atoms with Crippen LogP contribution in [0.25, 0.3) is 0 Å². The van der Waals surface area contributed by atoms with Gasteiger partial charge < -0.3 is 10.6 Å². The molecule has 0 aliphatic carbocycles. The van der Waals surface area contributed by atoms with Crippen LogP contribution in [0.5, 0.6) is 0 Å². The molecule has 0 bridgehead atoms. The van der Waals surface area contributed by atoms with E-state index in [2.05, 4.69) is 34.7 Å². The summed E-state index contributed by atoms with van der Waals surface area (Å²) in [6, 6.07) is 0.0382. The molecule has 2 amide bonds. The molecule has 1 heterocycles. The Hall–Kier alpha value is -1.17. The Morgan fingerprint density at radius 1 is 1.35 bits per heavy atom. The molecule has 2 N–H and O–H groups in total. The lowest BCUT2D eigenvalue weighted by Gasteiger charge is -2.11. The fraction of sp³-hybridized carbons (Fsp3) is 0.727. The second kappa shape index (κ2) is 6.54. The first-order valence-electron chi connectivity index (χ1n) is 5.89. The van der Waals surface area contributed by atoms with Gasteiger partial charge in [-0.05, 0) is 13.3 Å². The summed E-state index contributed by atoms with van der Waals surface area (Å²) in [6.07, 6.45) is 0.920. The second-order valence-electron chi connectivity index (χ2n) is 4.33. The van der Waals surface area contributed by atoms with Crippen molar-refractivity contribution in [3.8, 4) is 0 Å². The Morgan fingerprint density at radius 3 is 2.59 bits per heavy atom. The van der Waals surface area contributed by atoms with Gasteiger partial charge in [-0.15, -0.1) is 10.2 Å². The van der Waals surface area contributed by atoms with Crippen molar-refractivity contribution in [3.05, 3.63) is 10.0 Å². The van der Waals surface area contributed by atoms with Gasteiger partial charge in [0.2, 0.25) is 0 Å². The van der Waals surface area contributed by atoms with Crippen LogP contribution in [0.2, 0.25) is 0 Å². The minimum Gasteiger partial charge on any atom is -0.336 e. The average Bonchev–Trinajstić information content (AvgIpc) is 2.75. The molecule has 6 heteroatoms. The molecule has 0 saturated carbocycles. The number of carbonyl (C=O) groups is 1. The number of hydrogen-bond donors (Lipinski definition) is 2. The average molecular weight is 256 g/mol. The Labute approximate surface area is 106 Å². The summed E-state index contributed by atoms with van der Waals surface area (Å²) in [5, 5.41) is 15.6. The molecule has 17 heavy (non-hydrogen) atoms.